The molecule has 0 aromatic carbocycles. The SMILES string of the molecule is CN(C)C(=O)Sc1nsc(OCCOCC(F)(F)F)n1. The fraction of sp³-hybridized carbons (Fsp3) is 0.667. The number of hydrogen-bond acceptors (Lipinski definition) is 7. The lowest BCUT2D eigenvalue weighted by molar-refractivity contribution is -0.175. The minimum absolute atomic E-state index is 0.0724. The number of ether oxygens (including phenoxy) is 2. The van der Waals surface area contributed by atoms with Crippen LogP contribution >= 0.6 is 23.3 Å². The number of nitrogens with zero attached hydrogens (tertiary/aromatic N) is 3. The maximum atomic E-state index is 11.8. The highest BCUT2D eigenvalue weighted by atomic mass is 32.2. The van der Waals surface area contributed by atoms with Gasteiger partial charge in [-0.1, -0.05) is 0 Å². The van der Waals surface area contributed by atoms with E-state index in [0.29, 0.717) is 0 Å². The average Bonchev–Trinajstić information content (AvgIpc) is 2.74. The summed E-state index contributed by atoms with van der Waals surface area (Å²) in [6.45, 7) is -1.60. The van der Waals surface area contributed by atoms with Crippen molar-refractivity contribution in [1.29, 1.82) is 0 Å². The van der Waals surface area contributed by atoms with Gasteiger partial charge in [0.15, 0.2) is 0 Å². The first-order valence-corrected chi connectivity index (χ1v) is 6.87. The van der Waals surface area contributed by atoms with Crippen LogP contribution in [0.2, 0.25) is 0 Å². The van der Waals surface area contributed by atoms with Crippen LogP contribution in [-0.4, -0.2) is 59.6 Å². The van der Waals surface area contributed by atoms with Crippen molar-refractivity contribution >= 4 is 28.5 Å². The van der Waals surface area contributed by atoms with E-state index in [1.807, 2.05) is 0 Å². The Balaban J connectivity index is 2.25. The third-order valence-corrected chi connectivity index (χ3v) is 3.30. The van der Waals surface area contributed by atoms with Gasteiger partial charge < -0.3 is 14.4 Å². The Labute approximate surface area is 121 Å². The highest BCUT2D eigenvalue weighted by Crippen LogP contribution is 2.23. The van der Waals surface area contributed by atoms with Crippen LogP contribution in [0.15, 0.2) is 5.16 Å². The summed E-state index contributed by atoms with van der Waals surface area (Å²) < 4.78 is 48.6. The molecular formula is C9H12F3N3O3S2. The van der Waals surface area contributed by atoms with Crippen molar-refractivity contribution in [1.82, 2.24) is 14.3 Å². The molecule has 0 spiro atoms. The maximum Gasteiger partial charge on any atom is 0.411 e. The predicted octanol–water partition coefficient (Wildman–Crippen LogP) is 2.27. The summed E-state index contributed by atoms with van der Waals surface area (Å²) in [5.74, 6) is 0. The molecule has 0 aliphatic rings. The first kappa shape index (κ1) is 17.0. The van der Waals surface area contributed by atoms with Crippen LogP contribution in [0, 0.1) is 0 Å². The van der Waals surface area contributed by atoms with Gasteiger partial charge in [-0.05, 0) is 0 Å². The molecule has 0 unspecified atom stereocenters. The number of rotatable bonds is 6. The van der Waals surface area contributed by atoms with Crippen molar-refractivity contribution in [2.75, 3.05) is 33.9 Å². The molecule has 0 fully saturated rings. The molecule has 1 heterocycles. The van der Waals surface area contributed by atoms with Crippen molar-refractivity contribution in [3.8, 4) is 5.19 Å². The highest BCUT2D eigenvalue weighted by Gasteiger charge is 2.27. The van der Waals surface area contributed by atoms with E-state index in [9.17, 15) is 18.0 Å². The topological polar surface area (TPSA) is 64.6 Å². The molecular weight excluding hydrogens is 319 g/mol. The van der Waals surface area contributed by atoms with E-state index in [2.05, 4.69) is 14.1 Å². The number of aromatic nitrogens is 2. The van der Waals surface area contributed by atoms with Gasteiger partial charge in [-0.25, -0.2) is 0 Å². The maximum absolute atomic E-state index is 11.8. The molecule has 1 rings (SSSR count). The molecule has 0 N–H and O–H groups in total. The average molecular weight is 331 g/mol. The van der Waals surface area contributed by atoms with Gasteiger partial charge in [-0.15, -0.1) is 0 Å². The van der Waals surface area contributed by atoms with Gasteiger partial charge in [0, 0.05) is 37.4 Å². The van der Waals surface area contributed by atoms with Crippen LogP contribution in [0.4, 0.5) is 18.0 Å². The summed E-state index contributed by atoms with van der Waals surface area (Å²) in [5.41, 5.74) is 0. The zero-order chi connectivity index (χ0) is 15.2. The molecule has 1 aromatic heterocycles. The van der Waals surface area contributed by atoms with E-state index < -0.39 is 12.8 Å². The number of amides is 1. The van der Waals surface area contributed by atoms with Crippen LogP contribution in [0.25, 0.3) is 0 Å². The summed E-state index contributed by atoms with van der Waals surface area (Å²) >= 11 is 1.75. The Bertz CT molecular complexity index is 440. The third kappa shape index (κ3) is 6.91. The van der Waals surface area contributed by atoms with Gasteiger partial charge >= 0.3 is 6.18 Å². The molecule has 0 radical (unpaired) electrons. The zero-order valence-corrected chi connectivity index (χ0v) is 12.3. The van der Waals surface area contributed by atoms with Crippen LogP contribution < -0.4 is 4.74 Å². The van der Waals surface area contributed by atoms with Crippen molar-refractivity contribution in [2.45, 2.75) is 11.3 Å². The largest absolute Gasteiger partial charge is 0.467 e. The molecule has 114 valence electrons. The fourth-order valence-electron chi connectivity index (χ4n) is 0.842. The monoisotopic (exact) mass is 331 g/mol. The minimum atomic E-state index is -4.35. The molecule has 0 bridgehead atoms. The number of alkyl halides is 3. The first-order valence-electron chi connectivity index (χ1n) is 5.28. The zero-order valence-electron chi connectivity index (χ0n) is 10.6. The highest BCUT2D eigenvalue weighted by molar-refractivity contribution is 8.13. The molecule has 20 heavy (non-hydrogen) atoms. The van der Waals surface area contributed by atoms with E-state index in [4.69, 9.17) is 4.74 Å². The third-order valence-electron chi connectivity index (χ3n) is 1.65. The van der Waals surface area contributed by atoms with Gasteiger partial charge in [-0.3, -0.25) is 4.79 Å². The van der Waals surface area contributed by atoms with Crippen LogP contribution in [0.5, 0.6) is 5.19 Å². The molecule has 0 saturated heterocycles. The van der Waals surface area contributed by atoms with Gasteiger partial charge in [0.2, 0.25) is 5.16 Å². The Kier molecular flexibility index (Phi) is 6.49. The van der Waals surface area contributed by atoms with Crippen molar-refractivity contribution in [3.63, 3.8) is 0 Å². The number of thioether (sulfide) groups is 1. The van der Waals surface area contributed by atoms with Crippen LogP contribution in [-0.2, 0) is 4.74 Å². The number of halogens is 3. The van der Waals surface area contributed by atoms with Crippen molar-refractivity contribution < 1.29 is 27.4 Å². The van der Waals surface area contributed by atoms with Gasteiger partial charge in [0.1, 0.15) is 13.2 Å². The summed E-state index contributed by atoms with van der Waals surface area (Å²) in [4.78, 5) is 16.6. The van der Waals surface area contributed by atoms with E-state index in [1.54, 1.807) is 14.1 Å². The lowest BCUT2D eigenvalue weighted by Gasteiger charge is -2.07. The van der Waals surface area contributed by atoms with Crippen molar-refractivity contribution in [2.24, 2.45) is 0 Å². The molecule has 0 aliphatic carbocycles. The second-order valence-electron chi connectivity index (χ2n) is 3.62. The standard InChI is InChI=1S/C9H12F3N3O3S2/c1-15(2)8(16)19-6-13-7(20-14-6)18-4-3-17-5-9(10,11)12/h3-5H2,1-2H3. The molecule has 11 heteroatoms. The predicted molar refractivity (Wildman–Crippen MR) is 67.2 cm³/mol. The molecule has 0 atom stereocenters. The second-order valence-corrected chi connectivity index (χ2v) is 5.25. The number of carbonyl (C=O) groups is 1. The Hall–Kier alpha value is -1.07. The summed E-state index contributed by atoms with van der Waals surface area (Å²) in [6, 6.07) is 0. The fourth-order valence-corrected chi connectivity index (χ4v) is 2.09. The number of hydrogen-bond donors (Lipinski definition) is 0. The Morgan fingerprint density at radius 2 is 2.10 bits per heavy atom. The molecule has 1 aromatic rings. The quantitative estimate of drug-likeness (QED) is 0.588. The first-order chi connectivity index (χ1) is 9.28. The van der Waals surface area contributed by atoms with Crippen molar-refractivity contribution in [3.05, 3.63) is 0 Å². The van der Waals surface area contributed by atoms with Gasteiger partial charge in [0.25, 0.3) is 10.4 Å². The van der Waals surface area contributed by atoms with Crippen LogP contribution in [0.1, 0.15) is 0 Å². The lowest BCUT2D eigenvalue weighted by Crippen LogP contribution is -2.19. The molecule has 1 amide bonds. The van der Waals surface area contributed by atoms with E-state index >= 15 is 0 Å². The van der Waals surface area contributed by atoms with E-state index in [0.717, 1.165) is 23.3 Å². The Morgan fingerprint density at radius 1 is 1.40 bits per heavy atom. The molecule has 0 aliphatic heterocycles. The smallest absolute Gasteiger partial charge is 0.411 e. The van der Waals surface area contributed by atoms with E-state index in [-0.39, 0.29) is 28.8 Å². The molecule has 6 nitrogen and oxygen atoms in total. The minimum Gasteiger partial charge on any atom is -0.467 e. The molecule has 0 saturated carbocycles. The normalized spacial score (nSPS) is 11.4. The van der Waals surface area contributed by atoms with Gasteiger partial charge in [-0.2, -0.15) is 22.5 Å². The summed E-state index contributed by atoms with van der Waals surface area (Å²) in [7, 11) is 3.19. The number of carbonyl (C=O) groups excluding carboxylic acids is 1. The van der Waals surface area contributed by atoms with E-state index in [1.165, 1.54) is 4.90 Å². The summed E-state index contributed by atoms with van der Waals surface area (Å²) in [5, 5.41) is 0.178. The Morgan fingerprint density at radius 3 is 2.70 bits per heavy atom. The second kappa shape index (κ2) is 7.64. The van der Waals surface area contributed by atoms with Gasteiger partial charge in [0.05, 0.1) is 6.61 Å². The summed E-state index contributed by atoms with van der Waals surface area (Å²) in [6.07, 6.45) is -4.35. The lowest BCUT2D eigenvalue weighted by atomic mass is 10.7. The van der Waals surface area contributed by atoms with Crippen LogP contribution in [0.3, 0.4) is 0 Å².